The third-order valence-corrected chi connectivity index (χ3v) is 14.7. The van der Waals surface area contributed by atoms with Gasteiger partial charge in [-0.15, -0.1) is 10.1 Å². The van der Waals surface area contributed by atoms with E-state index in [4.69, 9.17) is 9.68 Å². The monoisotopic (exact) mass is 1040 g/mol. The van der Waals surface area contributed by atoms with E-state index in [0.29, 0.717) is 74.6 Å². The quantitative estimate of drug-likeness (QED) is 0.0295. The molecule has 0 N–H and O–H groups in total. The number of aromatic nitrogens is 1. The van der Waals surface area contributed by atoms with Crippen LogP contribution in [0.4, 0.5) is 5.69 Å². The van der Waals surface area contributed by atoms with Crippen LogP contribution in [0.1, 0.15) is 106 Å². The molecule has 3 aliphatic heterocycles. The maximum absolute atomic E-state index is 12.3. The predicted molar refractivity (Wildman–Crippen MR) is 245 cm³/mol. The van der Waals surface area contributed by atoms with Crippen molar-refractivity contribution in [2.45, 2.75) is 114 Å². The van der Waals surface area contributed by atoms with Gasteiger partial charge in [0.15, 0.2) is 6.54 Å². The fraction of sp³-hybridized carbons (Fsp3) is 0.444. The number of hydrogen-bond donors (Lipinski definition) is 0. The number of anilines is 1. The molecule has 68 heavy (non-hydrogen) atoms. The van der Waals surface area contributed by atoms with E-state index < -0.39 is 67.3 Å². The van der Waals surface area contributed by atoms with E-state index in [-0.39, 0.29) is 103 Å². The molecule has 360 valence electrons. The number of allylic oxidation sites excluding steroid dienone is 4. The third-order valence-electron chi connectivity index (χ3n) is 10.9. The van der Waals surface area contributed by atoms with Gasteiger partial charge in [-0.3, -0.25) is 19.2 Å². The molecule has 0 saturated carbocycles. The Morgan fingerprint density at radius 3 is 1.79 bits per heavy atom. The van der Waals surface area contributed by atoms with Crippen molar-refractivity contribution in [3.63, 3.8) is 0 Å². The molecule has 3 aromatic rings. The number of thiazole rings is 1. The number of thioether (sulfide) groups is 1. The first kappa shape index (κ1) is 55.3. The van der Waals surface area contributed by atoms with Gasteiger partial charge in [0.05, 0.1) is 31.0 Å². The Hall–Kier alpha value is -3.62. The number of nitrogens with zero attached hydrogens (tertiary/aromatic N) is 4. The Balaban J connectivity index is 0.00000864. The molecule has 0 spiro atoms. The third kappa shape index (κ3) is 16.8. The number of carbonyl (C=O) groups excluding carboxylic acids is 6. The van der Waals surface area contributed by atoms with Gasteiger partial charge in [-0.1, -0.05) is 59.9 Å². The molecule has 23 heteroatoms. The van der Waals surface area contributed by atoms with Gasteiger partial charge in [0.1, 0.15) is 4.70 Å². The molecule has 0 unspecified atom stereocenters. The van der Waals surface area contributed by atoms with E-state index in [2.05, 4.69) is 9.47 Å². The first-order valence-electron chi connectivity index (χ1n) is 22.0. The SMILES string of the molecule is O=C(CCCCCN1/C(=C/C=C/C=C/c2sc3cc(CCCS(=O)(=O)[O-])ccc3[n+]2CCCCCC(=O)ON2C(=O)CCC2=O)Sc2cc(CCCS(=O)(=O)[O-])ccc21)ON1C(=O)CCC1=O.[K+]. The van der Waals surface area contributed by atoms with Crippen LogP contribution in [0.3, 0.4) is 0 Å². The van der Waals surface area contributed by atoms with Crippen molar-refractivity contribution in [1.29, 1.82) is 0 Å². The number of rotatable bonds is 25. The summed E-state index contributed by atoms with van der Waals surface area (Å²) in [6, 6.07) is 11.8. The molecule has 1 aromatic heterocycles. The largest absolute Gasteiger partial charge is 1.00 e. The van der Waals surface area contributed by atoms with Gasteiger partial charge in [-0.05, 0) is 86.8 Å². The van der Waals surface area contributed by atoms with Crippen LogP contribution in [-0.4, -0.2) is 89.7 Å². The molecule has 0 radical (unpaired) electrons. The molecule has 4 heterocycles. The molecule has 2 saturated heterocycles. The molecule has 0 atom stereocenters. The van der Waals surface area contributed by atoms with Crippen molar-refractivity contribution in [2.75, 3.05) is 23.0 Å². The molecule has 6 rings (SSSR count). The molecule has 4 amide bonds. The summed E-state index contributed by atoms with van der Waals surface area (Å²) in [5, 5.41) is 2.96. The molecule has 3 aliphatic rings. The number of hydroxylamine groups is 4. The maximum Gasteiger partial charge on any atom is 1.00 e. The second kappa shape index (κ2) is 26.0. The minimum atomic E-state index is -4.33. The van der Waals surface area contributed by atoms with Crippen molar-refractivity contribution in [3.05, 3.63) is 81.9 Å². The van der Waals surface area contributed by atoms with Gasteiger partial charge in [-0.2, -0.15) is 4.57 Å². The van der Waals surface area contributed by atoms with Crippen molar-refractivity contribution in [1.82, 2.24) is 10.1 Å². The van der Waals surface area contributed by atoms with Gasteiger partial charge >= 0.3 is 63.3 Å². The Kier molecular flexibility index (Phi) is 21.2. The Morgan fingerprint density at radius 1 is 0.676 bits per heavy atom. The van der Waals surface area contributed by atoms with Crippen LogP contribution < -0.4 is 60.9 Å². The van der Waals surface area contributed by atoms with Gasteiger partial charge in [0.2, 0.25) is 5.52 Å². The average Bonchev–Trinajstić information content (AvgIpc) is 3.98. The van der Waals surface area contributed by atoms with Gasteiger partial charge in [0, 0.05) is 80.0 Å². The Labute approximate surface area is 446 Å². The zero-order valence-corrected chi connectivity index (χ0v) is 44.0. The Bertz CT molecular complexity index is 2670. The smallest absolute Gasteiger partial charge is 0.748 e. The summed E-state index contributed by atoms with van der Waals surface area (Å²) in [4.78, 5) is 85.0. The van der Waals surface area contributed by atoms with E-state index in [0.717, 1.165) is 42.0 Å². The molecule has 0 bridgehead atoms. The number of imide groups is 2. The first-order chi connectivity index (χ1) is 31.9. The summed E-state index contributed by atoms with van der Waals surface area (Å²) in [6.07, 6.45) is 14.8. The molecular weight excluding hydrogens is 988 g/mol. The van der Waals surface area contributed by atoms with Crippen molar-refractivity contribution in [2.24, 2.45) is 0 Å². The summed E-state index contributed by atoms with van der Waals surface area (Å²) in [5.74, 6) is -4.30. The van der Waals surface area contributed by atoms with Gasteiger partial charge < -0.3 is 23.7 Å². The first-order valence-corrected chi connectivity index (χ1v) is 26.8. The number of benzene rings is 2. The van der Waals surface area contributed by atoms with E-state index in [9.17, 15) is 54.7 Å². The number of amides is 4. The average molecular weight is 1040 g/mol. The van der Waals surface area contributed by atoms with Gasteiger partial charge in [-0.25, -0.2) is 26.4 Å². The number of carbonyl (C=O) groups is 6. The molecule has 2 aromatic carbocycles. The molecule has 18 nitrogen and oxygen atoms in total. The van der Waals surface area contributed by atoms with Crippen molar-refractivity contribution >= 4 is 101 Å². The van der Waals surface area contributed by atoms with Crippen LogP contribution in [0.2, 0.25) is 0 Å². The zero-order valence-electron chi connectivity index (χ0n) is 37.6. The van der Waals surface area contributed by atoms with Crippen molar-refractivity contribution < 1.29 is 120 Å². The number of aryl methyl sites for hydroxylation is 3. The van der Waals surface area contributed by atoms with Crippen LogP contribution in [0.25, 0.3) is 16.3 Å². The summed E-state index contributed by atoms with van der Waals surface area (Å²) in [6.45, 7) is 1.22. The summed E-state index contributed by atoms with van der Waals surface area (Å²) < 4.78 is 70.2. The minimum Gasteiger partial charge on any atom is -0.748 e. The normalized spacial score (nSPS) is 16.0. The van der Waals surface area contributed by atoms with Gasteiger partial charge in [0.25, 0.3) is 28.6 Å². The fourth-order valence-electron chi connectivity index (χ4n) is 7.61. The molecule has 2 fully saturated rings. The van der Waals surface area contributed by atoms with E-state index in [1.807, 2.05) is 66.8 Å². The Morgan fingerprint density at radius 2 is 1.22 bits per heavy atom. The maximum atomic E-state index is 12.3. The summed E-state index contributed by atoms with van der Waals surface area (Å²) in [7, 11) is -8.65. The number of fused-ring (bicyclic) bond motifs is 2. The second-order valence-electron chi connectivity index (χ2n) is 16.1. The second-order valence-corrected chi connectivity index (χ2v) is 21.3. The summed E-state index contributed by atoms with van der Waals surface area (Å²) in [5.41, 5.74) is 3.72. The van der Waals surface area contributed by atoms with E-state index >= 15 is 0 Å². The number of hydrogen-bond acceptors (Lipinski definition) is 17. The zero-order chi connectivity index (χ0) is 48.1. The van der Waals surface area contributed by atoms with E-state index in [1.54, 1.807) is 23.1 Å². The van der Waals surface area contributed by atoms with Crippen LogP contribution >= 0.6 is 23.1 Å². The number of unbranched alkanes of at least 4 members (excludes halogenated alkanes) is 4. The standard InChI is InChI=1S/C45H52N4O14S4.K/c50-38-22-23-39(51)48(38)62-44(54)16-6-2-8-26-46-34-20-18-32(12-10-28-66(56,57)58)30-36(34)64-42(46)14-4-1-5-15-43-47(27-9-3-7-17-45(55)63-49-40(52)24-25-41(49)53)35-21-19-33(31-37(35)65-43)13-11-29-67(59,60)61;/h1,4-5,14-15,18-21,30-31H,2-3,6-13,16-17,22-29H2,(H-,56,57,58,59,60,61);/q;+1/p-1. The van der Waals surface area contributed by atoms with Crippen LogP contribution in [-0.2, 0) is 78.1 Å². The fourth-order valence-corrected chi connectivity index (χ4v) is 10.9. The van der Waals surface area contributed by atoms with Crippen LogP contribution in [0, 0.1) is 0 Å². The topological polar surface area (TPSA) is 249 Å². The van der Waals surface area contributed by atoms with Crippen LogP contribution in [0.5, 0.6) is 0 Å². The van der Waals surface area contributed by atoms with Crippen LogP contribution in [0.15, 0.2) is 70.6 Å². The van der Waals surface area contributed by atoms with Crippen molar-refractivity contribution in [3.8, 4) is 0 Å². The minimum absolute atomic E-state index is 0. The predicted octanol–water partition coefficient (Wildman–Crippen LogP) is 2.51. The summed E-state index contributed by atoms with van der Waals surface area (Å²) >= 11 is 3.10. The molecular formula is C45H51KN4O14S4. The molecule has 0 aliphatic carbocycles. The van der Waals surface area contributed by atoms with E-state index in [1.165, 1.54) is 0 Å².